The van der Waals surface area contributed by atoms with Crippen LogP contribution in [-0.2, 0) is 10.0 Å². The van der Waals surface area contributed by atoms with E-state index in [4.69, 9.17) is 0 Å². The van der Waals surface area contributed by atoms with E-state index < -0.39 is 10.0 Å². The summed E-state index contributed by atoms with van der Waals surface area (Å²) >= 11 is 0. The summed E-state index contributed by atoms with van der Waals surface area (Å²) in [4.78, 5) is 2.37. The van der Waals surface area contributed by atoms with Crippen LogP contribution in [-0.4, -0.2) is 56.1 Å². The molecule has 1 rings (SSSR count). The van der Waals surface area contributed by atoms with Crippen LogP contribution in [0.4, 0.5) is 0 Å². The highest BCUT2D eigenvalue weighted by Crippen LogP contribution is 2.08. The summed E-state index contributed by atoms with van der Waals surface area (Å²) in [5.74, 6) is 0.225. The molecule has 16 heavy (non-hydrogen) atoms. The second-order valence-corrected chi connectivity index (χ2v) is 6.61. The predicted octanol–water partition coefficient (Wildman–Crippen LogP) is 1.14. The highest BCUT2D eigenvalue weighted by molar-refractivity contribution is 7.89. The van der Waals surface area contributed by atoms with Crippen molar-refractivity contribution in [3.63, 3.8) is 0 Å². The van der Waals surface area contributed by atoms with Crippen LogP contribution in [0.25, 0.3) is 0 Å². The van der Waals surface area contributed by atoms with Crippen molar-refractivity contribution in [3.05, 3.63) is 0 Å². The molecule has 1 aliphatic rings. The molecule has 0 bridgehead atoms. The molecule has 0 atom stereocenters. The van der Waals surface area contributed by atoms with Crippen LogP contribution in [0.2, 0.25) is 0 Å². The van der Waals surface area contributed by atoms with Gasteiger partial charge in [0.05, 0.1) is 5.75 Å². The smallest absolute Gasteiger partial charge is 0.213 e. The number of unbranched alkanes of at least 4 members (excludes halogenated alkanes) is 2. The van der Waals surface area contributed by atoms with E-state index in [1.54, 1.807) is 11.2 Å². The Balaban J connectivity index is 2.29. The molecule has 1 aliphatic heterocycles. The lowest BCUT2D eigenvalue weighted by Crippen LogP contribution is -2.49. The summed E-state index contributed by atoms with van der Waals surface area (Å²) in [6.07, 6.45) is 3.74. The zero-order chi connectivity index (χ0) is 12.0. The fourth-order valence-electron chi connectivity index (χ4n) is 2.00. The molecule has 0 saturated carbocycles. The Labute approximate surface area is 99.7 Å². The second-order valence-electron chi connectivity index (χ2n) is 4.35. The monoisotopic (exact) mass is 248 g/mol. The molecular weight excluding hydrogens is 224 g/mol. The lowest BCUT2D eigenvalue weighted by atomic mass is 10.2. The number of hydrogen-bond donors (Lipinski definition) is 0. The highest BCUT2D eigenvalue weighted by Gasteiger charge is 2.24. The van der Waals surface area contributed by atoms with Crippen molar-refractivity contribution in [1.82, 2.24) is 9.21 Å². The van der Waals surface area contributed by atoms with Crippen LogP contribution >= 0.6 is 0 Å². The van der Waals surface area contributed by atoms with Gasteiger partial charge in [-0.25, -0.2) is 8.42 Å². The van der Waals surface area contributed by atoms with Crippen LogP contribution in [0, 0.1) is 0 Å². The van der Waals surface area contributed by atoms with Gasteiger partial charge in [-0.15, -0.1) is 0 Å². The number of hydrogen-bond acceptors (Lipinski definition) is 3. The van der Waals surface area contributed by atoms with Crippen molar-refractivity contribution in [1.29, 1.82) is 0 Å². The van der Waals surface area contributed by atoms with E-state index in [1.807, 2.05) is 0 Å². The van der Waals surface area contributed by atoms with E-state index in [9.17, 15) is 8.42 Å². The van der Waals surface area contributed by atoms with Crippen LogP contribution in [0.5, 0.6) is 0 Å². The van der Waals surface area contributed by atoms with Crippen molar-refractivity contribution in [2.45, 2.75) is 33.1 Å². The van der Waals surface area contributed by atoms with Crippen molar-refractivity contribution in [3.8, 4) is 0 Å². The Morgan fingerprint density at radius 2 is 1.62 bits per heavy atom. The first kappa shape index (κ1) is 13.9. The third-order valence-electron chi connectivity index (χ3n) is 3.17. The van der Waals surface area contributed by atoms with Gasteiger partial charge >= 0.3 is 0 Å². The SMILES string of the molecule is CCCCCN1CCN(S(=O)(=O)CC)CC1. The van der Waals surface area contributed by atoms with Crippen LogP contribution in [0.3, 0.4) is 0 Å². The summed E-state index contributed by atoms with van der Waals surface area (Å²) in [7, 11) is -2.96. The summed E-state index contributed by atoms with van der Waals surface area (Å²) < 4.78 is 24.9. The fourth-order valence-corrected chi connectivity index (χ4v) is 3.08. The van der Waals surface area contributed by atoms with E-state index in [-0.39, 0.29) is 5.75 Å². The van der Waals surface area contributed by atoms with Crippen LogP contribution in [0.1, 0.15) is 33.1 Å². The fraction of sp³-hybridized carbons (Fsp3) is 1.00. The zero-order valence-electron chi connectivity index (χ0n) is 10.5. The number of piperazine rings is 1. The maximum Gasteiger partial charge on any atom is 0.213 e. The summed E-state index contributed by atoms with van der Waals surface area (Å²) in [5.41, 5.74) is 0. The molecule has 0 spiro atoms. The van der Waals surface area contributed by atoms with Gasteiger partial charge in [-0.1, -0.05) is 19.8 Å². The maximum atomic E-state index is 11.6. The Hall–Kier alpha value is -0.130. The average Bonchev–Trinajstić information content (AvgIpc) is 2.30. The molecule has 0 N–H and O–H groups in total. The predicted molar refractivity (Wildman–Crippen MR) is 67.0 cm³/mol. The third kappa shape index (κ3) is 4.03. The first-order chi connectivity index (χ1) is 7.60. The summed E-state index contributed by atoms with van der Waals surface area (Å²) in [6, 6.07) is 0. The minimum atomic E-state index is -2.96. The molecule has 0 amide bonds. The Bertz CT molecular complexity index is 282. The van der Waals surface area contributed by atoms with Gasteiger partial charge in [-0.3, -0.25) is 0 Å². The van der Waals surface area contributed by atoms with Crippen molar-refractivity contribution < 1.29 is 8.42 Å². The van der Waals surface area contributed by atoms with Crippen molar-refractivity contribution in [2.75, 3.05) is 38.5 Å². The van der Waals surface area contributed by atoms with E-state index in [0.717, 1.165) is 19.6 Å². The quantitative estimate of drug-likeness (QED) is 0.662. The van der Waals surface area contributed by atoms with Gasteiger partial charge in [0.25, 0.3) is 0 Å². The van der Waals surface area contributed by atoms with Gasteiger partial charge in [-0.05, 0) is 19.9 Å². The summed E-state index contributed by atoms with van der Waals surface area (Å²) in [6.45, 7) is 8.15. The van der Waals surface area contributed by atoms with Crippen LogP contribution in [0.15, 0.2) is 0 Å². The third-order valence-corrected chi connectivity index (χ3v) is 5.05. The minimum Gasteiger partial charge on any atom is -0.301 e. The molecule has 0 aromatic carbocycles. The van der Waals surface area contributed by atoms with Gasteiger partial charge in [0.2, 0.25) is 10.0 Å². The van der Waals surface area contributed by atoms with Crippen molar-refractivity contribution >= 4 is 10.0 Å². The molecule has 1 saturated heterocycles. The standard InChI is InChI=1S/C11H24N2O2S/c1-3-5-6-7-12-8-10-13(11-9-12)16(14,15)4-2/h3-11H2,1-2H3. The molecule has 5 heteroatoms. The molecular formula is C11H24N2O2S. The van der Waals surface area contributed by atoms with E-state index >= 15 is 0 Å². The first-order valence-electron chi connectivity index (χ1n) is 6.30. The number of rotatable bonds is 6. The lowest BCUT2D eigenvalue weighted by Gasteiger charge is -2.33. The normalized spacial score (nSPS) is 20.1. The minimum absolute atomic E-state index is 0.225. The molecule has 96 valence electrons. The molecule has 1 fully saturated rings. The number of sulfonamides is 1. The topological polar surface area (TPSA) is 40.6 Å². The Morgan fingerprint density at radius 3 is 2.12 bits per heavy atom. The molecule has 0 unspecified atom stereocenters. The lowest BCUT2D eigenvalue weighted by molar-refractivity contribution is 0.185. The van der Waals surface area contributed by atoms with Gasteiger partial charge in [-0.2, -0.15) is 4.31 Å². The van der Waals surface area contributed by atoms with Gasteiger partial charge in [0.15, 0.2) is 0 Å². The van der Waals surface area contributed by atoms with Gasteiger partial charge in [0, 0.05) is 26.2 Å². The zero-order valence-corrected chi connectivity index (χ0v) is 11.3. The molecule has 1 heterocycles. The molecule has 4 nitrogen and oxygen atoms in total. The molecule has 0 aliphatic carbocycles. The molecule has 0 radical (unpaired) electrons. The average molecular weight is 248 g/mol. The van der Waals surface area contributed by atoms with Gasteiger partial charge < -0.3 is 4.90 Å². The largest absolute Gasteiger partial charge is 0.301 e. The maximum absolute atomic E-state index is 11.6. The van der Waals surface area contributed by atoms with E-state index in [2.05, 4.69) is 11.8 Å². The van der Waals surface area contributed by atoms with Crippen molar-refractivity contribution in [2.24, 2.45) is 0 Å². The molecule has 0 aromatic heterocycles. The Kier molecular flexibility index (Phi) is 5.72. The van der Waals surface area contributed by atoms with E-state index in [0.29, 0.717) is 13.1 Å². The second kappa shape index (κ2) is 6.57. The summed E-state index contributed by atoms with van der Waals surface area (Å²) in [5, 5.41) is 0. The molecule has 0 aromatic rings. The van der Waals surface area contributed by atoms with Crippen LogP contribution < -0.4 is 0 Å². The highest BCUT2D eigenvalue weighted by atomic mass is 32.2. The van der Waals surface area contributed by atoms with E-state index in [1.165, 1.54) is 19.3 Å². The first-order valence-corrected chi connectivity index (χ1v) is 7.91. The Morgan fingerprint density at radius 1 is 1.00 bits per heavy atom. The van der Waals surface area contributed by atoms with Gasteiger partial charge in [0.1, 0.15) is 0 Å². The number of nitrogens with zero attached hydrogens (tertiary/aromatic N) is 2.